The summed E-state index contributed by atoms with van der Waals surface area (Å²) in [5.41, 5.74) is 19.4. The molecule has 0 bridgehead atoms. The lowest BCUT2D eigenvalue weighted by atomic mass is 9.85. The molecule has 3 unspecified atom stereocenters. The van der Waals surface area contributed by atoms with E-state index in [1.807, 2.05) is 0 Å². The molecule has 1 fully saturated rings. The number of carboxylic acids is 1. The number of Topliss-reactive ketones (excluding diaryl/α,β-unsaturated/α-hetero) is 1. The minimum Gasteiger partial charge on any atom is -0.479 e. The zero-order valence-corrected chi connectivity index (χ0v) is 14.3. The van der Waals surface area contributed by atoms with Gasteiger partial charge in [-0.1, -0.05) is 0 Å². The predicted molar refractivity (Wildman–Crippen MR) is 89.1 cm³/mol. The highest BCUT2D eigenvalue weighted by Gasteiger charge is 2.57. The van der Waals surface area contributed by atoms with Gasteiger partial charge in [0.05, 0.1) is 12.1 Å². The van der Waals surface area contributed by atoms with Gasteiger partial charge in [0.25, 0.3) is 0 Å². The maximum Gasteiger partial charge on any atom is 0.337 e. The van der Waals surface area contributed by atoms with E-state index in [2.05, 4.69) is 0 Å². The Morgan fingerprint density at radius 1 is 0.962 bits per heavy atom. The zero-order valence-electron chi connectivity index (χ0n) is 14.3. The number of likely N-dealkylation sites (tertiary alicyclic amines) is 1. The van der Waals surface area contributed by atoms with Crippen LogP contribution in [0.15, 0.2) is 0 Å². The first kappa shape index (κ1) is 21.5. The zero-order chi connectivity index (χ0) is 20.1. The number of nitrogens with zero attached hydrogens (tertiary/aromatic N) is 1. The maximum absolute atomic E-state index is 12.8. The van der Waals surface area contributed by atoms with Crippen LogP contribution in [-0.4, -0.2) is 63.6 Å². The fourth-order valence-corrected chi connectivity index (χ4v) is 3.06. The molecule has 0 radical (unpaired) electrons. The summed E-state index contributed by atoms with van der Waals surface area (Å²) >= 11 is 0. The molecule has 11 nitrogen and oxygen atoms in total. The normalized spacial score (nSPS) is 21.8. The van der Waals surface area contributed by atoms with Gasteiger partial charge in [-0.15, -0.1) is 0 Å². The predicted octanol–water partition coefficient (Wildman–Crippen LogP) is -2.81. The minimum atomic E-state index is -2.14. The van der Waals surface area contributed by atoms with E-state index in [1.165, 1.54) is 0 Å². The third-order valence-corrected chi connectivity index (χ3v) is 4.47. The summed E-state index contributed by atoms with van der Waals surface area (Å²) in [6.07, 6.45) is -0.364. The Kier molecular flexibility index (Phi) is 7.21. The monoisotopic (exact) mass is 371 g/mol. The molecule has 1 saturated heterocycles. The van der Waals surface area contributed by atoms with Crippen molar-refractivity contribution in [1.82, 2.24) is 4.90 Å². The molecule has 1 aliphatic rings. The Hall–Kier alpha value is -2.53. The van der Waals surface area contributed by atoms with Crippen molar-refractivity contribution >= 4 is 29.5 Å². The van der Waals surface area contributed by atoms with Gasteiger partial charge in [-0.2, -0.15) is 0 Å². The molecule has 146 valence electrons. The summed E-state index contributed by atoms with van der Waals surface area (Å²) in [4.78, 5) is 59.9. The Labute approximate surface area is 150 Å². The van der Waals surface area contributed by atoms with Crippen molar-refractivity contribution in [2.24, 2.45) is 22.9 Å². The molecule has 1 aliphatic heterocycles. The van der Waals surface area contributed by atoms with Crippen molar-refractivity contribution < 1.29 is 29.1 Å². The number of hydrogen-bond donors (Lipinski definition) is 5. The Morgan fingerprint density at radius 2 is 1.46 bits per heavy atom. The topological polar surface area (TPSA) is 213 Å². The fraction of sp³-hybridized carbons (Fsp3) is 0.667. The fourth-order valence-electron chi connectivity index (χ4n) is 3.06. The van der Waals surface area contributed by atoms with E-state index in [0.29, 0.717) is 0 Å². The molecule has 9 N–H and O–H groups in total. The summed E-state index contributed by atoms with van der Waals surface area (Å²) in [5.74, 6) is -4.47. The second kappa shape index (κ2) is 8.72. The highest BCUT2D eigenvalue weighted by atomic mass is 16.4. The molecule has 0 aromatic rings. The van der Waals surface area contributed by atoms with Crippen molar-refractivity contribution in [3.05, 3.63) is 0 Å². The van der Waals surface area contributed by atoms with Gasteiger partial charge in [0.1, 0.15) is 0 Å². The maximum atomic E-state index is 12.8. The standard InChI is InChI=1S/C15H25N5O6/c16-8(2-4-10(18)21)12(23)15(14(25)26)6-1-7-20(15)13(24)9(17)3-5-11(19)22/h8-9H,1-7,16-17H2,(H2,18,21)(H2,19,22)(H,25,26). The van der Waals surface area contributed by atoms with Gasteiger partial charge >= 0.3 is 5.97 Å². The van der Waals surface area contributed by atoms with Crippen LogP contribution in [0.2, 0.25) is 0 Å². The quantitative estimate of drug-likeness (QED) is 0.252. The first-order valence-electron chi connectivity index (χ1n) is 8.21. The van der Waals surface area contributed by atoms with E-state index in [9.17, 15) is 29.1 Å². The van der Waals surface area contributed by atoms with Crippen molar-refractivity contribution in [3.8, 4) is 0 Å². The van der Waals surface area contributed by atoms with E-state index in [1.54, 1.807) is 0 Å². The first-order chi connectivity index (χ1) is 12.0. The van der Waals surface area contributed by atoms with Crippen molar-refractivity contribution in [2.75, 3.05) is 6.54 Å². The molecule has 0 aromatic carbocycles. The SMILES string of the molecule is NC(=O)CCC(N)C(=O)N1CCCC1(C(=O)O)C(=O)C(N)CCC(N)=O. The van der Waals surface area contributed by atoms with Crippen LogP contribution in [0.1, 0.15) is 38.5 Å². The summed E-state index contributed by atoms with van der Waals surface area (Å²) in [6.45, 7) is 0.0175. The van der Waals surface area contributed by atoms with E-state index < -0.39 is 47.1 Å². The number of carbonyl (C=O) groups is 5. The first-order valence-corrected chi connectivity index (χ1v) is 8.21. The largest absolute Gasteiger partial charge is 0.479 e. The second-order valence-corrected chi connectivity index (χ2v) is 6.35. The van der Waals surface area contributed by atoms with Gasteiger partial charge in [-0.25, -0.2) is 4.79 Å². The average molecular weight is 371 g/mol. The Morgan fingerprint density at radius 3 is 1.92 bits per heavy atom. The molecule has 0 spiro atoms. The van der Waals surface area contributed by atoms with Crippen LogP contribution in [0.3, 0.4) is 0 Å². The van der Waals surface area contributed by atoms with Crippen molar-refractivity contribution in [3.63, 3.8) is 0 Å². The molecule has 3 atom stereocenters. The lowest BCUT2D eigenvalue weighted by Gasteiger charge is -2.36. The number of rotatable bonds is 10. The van der Waals surface area contributed by atoms with Crippen molar-refractivity contribution in [1.29, 1.82) is 0 Å². The van der Waals surface area contributed by atoms with Crippen LogP contribution < -0.4 is 22.9 Å². The van der Waals surface area contributed by atoms with Gasteiger partial charge in [0, 0.05) is 19.4 Å². The Balaban J connectivity index is 3.05. The number of carboxylic acid groups (broad SMARTS) is 1. The van der Waals surface area contributed by atoms with Gasteiger partial charge in [0.15, 0.2) is 5.78 Å². The van der Waals surface area contributed by atoms with Crippen LogP contribution in [0.25, 0.3) is 0 Å². The van der Waals surface area contributed by atoms with E-state index in [0.717, 1.165) is 4.90 Å². The van der Waals surface area contributed by atoms with Gasteiger partial charge in [0.2, 0.25) is 23.3 Å². The molecule has 11 heteroatoms. The second-order valence-electron chi connectivity index (χ2n) is 6.35. The van der Waals surface area contributed by atoms with Gasteiger partial charge < -0.3 is 32.9 Å². The summed E-state index contributed by atoms with van der Waals surface area (Å²) < 4.78 is 0. The third kappa shape index (κ3) is 4.55. The Bertz CT molecular complexity index is 609. The molecule has 1 rings (SSSR count). The average Bonchev–Trinajstić information content (AvgIpc) is 3.01. The number of primary amides is 2. The van der Waals surface area contributed by atoms with Gasteiger partial charge in [-0.05, 0) is 25.7 Å². The summed E-state index contributed by atoms with van der Waals surface area (Å²) in [7, 11) is 0. The lowest BCUT2D eigenvalue weighted by Crippen LogP contribution is -2.64. The molecule has 0 saturated carbocycles. The third-order valence-electron chi connectivity index (χ3n) is 4.47. The molecular formula is C15H25N5O6. The molecule has 0 aliphatic carbocycles. The van der Waals surface area contributed by atoms with Crippen molar-refractivity contribution in [2.45, 2.75) is 56.1 Å². The lowest BCUT2D eigenvalue weighted by molar-refractivity contribution is -0.162. The molecular weight excluding hydrogens is 346 g/mol. The molecule has 3 amide bonds. The molecule has 26 heavy (non-hydrogen) atoms. The van der Waals surface area contributed by atoms with Crippen LogP contribution in [0.5, 0.6) is 0 Å². The van der Waals surface area contributed by atoms with E-state index >= 15 is 0 Å². The van der Waals surface area contributed by atoms with Crippen LogP contribution >= 0.6 is 0 Å². The van der Waals surface area contributed by atoms with Crippen LogP contribution in [-0.2, 0) is 24.0 Å². The number of ketones is 1. The summed E-state index contributed by atoms with van der Waals surface area (Å²) in [5, 5.41) is 9.70. The number of amides is 3. The number of hydrogen-bond acceptors (Lipinski definition) is 7. The van der Waals surface area contributed by atoms with Crippen LogP contribution in [0.4, 0.5) is 0 Å². The number of aliphatic carboxylic acids is 1. The highest BCUT2D eigenvalue weighted by Crippen LogP contribution is 2.33. The van der Waals surface area contributed by atoms with Gasteiger partial charge in [-0.3, -0.25) is 19.2 Å². The minimum absolute atomic E-state index is 0.0175. The molecule has 1 heterocycles. The molecule has 0 aromatic heterocycles. The number of carbonyl (C=O) groups excluding carboxylic acids is 4. The van der Waals surface area contributed by atoms with Crippen LogP contribution in [0, 0.1) is 0 Å². The highest BCUT2D eigenvalue weighted by molar-refractivity contribution is 6.13. The van der Waals surface area contributed by atoms with E-state index in [-0.39, 0.29) is 45.1 Å². The summed E-state index contributed by atoms with van der Waals surface area (Å²) in [6, 6.07) is -2.44. The smallest absolute Gasteiger partial charge is 0.337 e. The number of nitrogens with two attached hydrogens (primary N) is 4. The van der Waals surface area contributed by atoms with E-state index in [4.69, 9.17) is 22.9 Å².